The number of aromatic nitrogens is 2. The maximum atomic E-state index is 6.43. The summed E-state index contributed by atoms with van der Waals surface area (Å²) in [7, 11) is 1.71. The van der Waals surface area contributed by atoms with Gasteiger partial charge in [-0.2, -0.15) is 0 Å². The number of hydrogen-bond acceptors (Lipinski definition) is 3. The first-order valence-corrected chi connectivity index (χ1v) is 11.1. The van der Waals surface area contributed by atoms with Crippen LogP contribution in [0.2, 0.25) is 5.02 Å². The fourth-order valence-corrected chi connectivity index (χ4v) is 4.97. The predicted molar refractivity (Wildman–Crippen MR) is 129 cm³/mol. The van der Waals surface area contributed by atoms with Crippen molar-refractivity contribution in [2.45, 2.75) is 32.9 Å². The summed E-state index contributed by atoms with van der Waals surface area (Å²) in [6.45, 7) is 7.65. The largest absolute Gasteiger partial charge is 0.383 e. The molecule has 1 fully saturated rings. The Morgan fingerprint density at radius 3 is 2.68 bits per heavy atom. The summed E-state index contributed by atoms with van der Waals surface area (Å²) in [4.78, 5) is 6.84. The Morgan fingerprint density at radius 1 is 1.16 bits per heavy atom. The molecule has 0 radical (unpaired) electrons. The van der Waals surface area contributed by atoms with Gasteiger partial charge in [0.15, 0.2) is 5.11 Å². The van der Waals surface area contributed by atoms with Gasteiger partial charge in [0.25, 0.3) is 0 Å². The third kappa shape index (κ3) is 3.95. The summed E-state index contributed by atoms with van der Waals surface area (Å²) in [5.41, 5.74) is 6.68. The van der Waals surface area contributed by atoms with Crippen LogP contribution in [0.4, 0.5) is 0 Å². The lowest BCUT2D eigenvalue weighted by Crippen LogP contribution is -2.32. The normalized spacial score (nSPS) is 18.5. The number of pyridine rings is 1. The zero-order valence-corrected chi connectivity index (χ0v) is 19.8. The third-order valence-electron chi connectivity index (χ3n) is 6.00. The zero-order chi connectivity index (χ0) is 22.1. The molecule has 162 valence electrons. The van der Waals surface area contributed by atoms with Crippen LogP contribution in [-0.2, 0) is 4.74 Å². The summed E-state index contributed by atoms with van der Waals surface area (Å²) in [6.07, 6.45) is 1.83. The Bertz CT molecular complexity index is 1100. The van der Waals surface area contributed by atoms with Crippen LogP contribution in [0.1, 0.15) is 40.3 Å². The first kappa shape index (κ1) is 21.8. The molecule has 2 aromatic heterocycles. The lowest BCUT2D eigenvalue weighted by atomic mass is 9.97. The van der Waals surface area contributed by atoms with Crippen molar-refractivity contribution >= 4 is 28.9 Å². The van der Waals surface area contributed by atoms with Gasteiger partial charge in [0, 0.05) is 41.9 Å². The van der Waals surface area contributed by atoms with E-state index in [1.807, 2.05) is 36.5 Å². The highest BCUT2D eigenvalue weighted by Gasteiger charge is 2.41. The van der Waals surface area contributed by atoms with E-state index in [4.69, 9.17) is 28.6 Å². The molecule has 0 bridgehead atoms. The summed E-state index contributed by atoms with van der Waals surface area (Å²) in [5.74, 6) is 0. The van der Waals surface area contributed by atoms with Gasteiger partial charge in [-0.15, -0.1) is 0 Å². The third-order valence-corrected chi connectivity index (χ3v) is 6.76. The Balaban J connectivity index is 1.84. The van der Waals surface area contributed by atoms with Crippen molar-refractivity contribution < 1.29 is 4.74 Å². The number of methoxy groups -OCH3 is 1. The second-order valence-electron chi connectivity index (χ2n) is 7.86. The van der Waals surface area contributed by atoms with E-state index in [1.165, 1.54) is 11.3 Å². The van der Waals surface area contributed by atoms with Crippen molar-refractivity contribution in [3.05, 3.63) is 81.9 Å². The Kier molecular flexibility index (Phi) is 6.32. The van der Waals surface area contributed by atoms with Crippen LogP contribution in [0, 0.1) is 20.8 Å². The van der Waals surface area contributed by atoms with Gasteiger partial charge in [-0.3, -0.25) is 4.98 Å². The first-order valence-electron chi connectivity index (χ1n) is 10.4. The van der Waals surface area contributed by atoms with Crippen LogP contribution in [0.3, 0.4) is 0 Å². The van der Waals surface area contributed by atoms with Crippen LogP contribution >= 0.6 is 23.8 Å². The summed E-state index contributed by atoms with van der Waals surface area (Å²) in [5, 5.41) is 4.99. The van der Waals surface area contributed by atoms with Crippen LogP contribution in [0.15, 0.2) is 48.7 Å². The number of thiocarbonyl (C=S) groups is 1. The minimum absolute atomic E-state index is 0.0111. The van der Waals surface area contributed by atoms with Crippen LogP contribution in [0.25, 0.3) is 5.69 Å². The van der Waals surface area contributed by atoms with E-state index >= 15 is 0 Å². The highest BCUT2D eigenvalue weighted by atomic mass is 35.5. The van der Waals surface area contributed by atoms with Crippen molar-refractivity contribution in [1.82, 2.24) is 19.8 Å². The van der Waals surface area contributed by atoms with Gasteiger partial charge in [-0.25, -0.2) is 0 Å². The van der Waals surface area contributed by atoms with E-state index in [0.717, 1.165) is 32.8 Å². The van der Waals surface area contributed by atoms with E-state index < -0.39 is 0 Å². The van der Waals surface area contributed by atoms with Crippen LogP contribution in [-0.4, -0.2) is 39.8 Å². The van der Waals surface area contributed by atoms with Crippen LogP contribution in [0.5, 0.6) is 0 Å². The molecule has 0 spiro atoms. The fourth-order valence-electron chi connectivity index (χ4n) is 4.47. The predicted octanol–water partition coefficient (Wildman–Crippen LogP) is 5.07. The van der Waals surface area contributed by atoms with Crippen LogP contribution < -0.4 is 5.32 Å². The molecule has 4 rings (SSSR count). The highest BCUT2D eigenvalue weighted by molar-refractivity contribution is 7.80. The molecule has 1 aliphatic heterocycles. The number of halogens is 1. The van der Waals surface area contributed by atoms with Crippen molar-refractivity contribution in [2.24, 2.45) is 0 Å². The number of rotatable bonds is 6. The van der Waals surface area contributed by atoms with E-state index in [-0.39, 0.29) is 12.1 Å². The van der Waals surface area contributed by atoms with E-state index in [2.05, 4.69) is 52.7 Å². The Labute approximate surface area is 194 Å². The number of nitrogens with zero attached hydrogens (tertiary/aromatic N) is 3. The number of ether oxygens (including phenoxy) is 1. The molecular formula is C24H27ClN4OS. The van der Waals surface area contributed by atoms with Gasteiger partial charge in [0.05, 0.1) is 24.4 Å². The van der Waals surface area contributed by atoms with Crippen molar-refractivity contribution in [2.75, 3.05) is 20.3 Å². The molecule has 3 aromatic rings. The molecule has 0 saturated carbocycles. The minimum Gasteiger partial charge on any atom is -0.383 e. The second-order valence-corrected chi connectivity index (χ2v) is 8.65. The van der Waals surface area contributed by atoms with Gasteiger partial charge < -0.3 is 19.5 Å². The molecule has 3 heterocycles. The maximum absolute atomic E-state index is 6.43. The van der Waals surface area contributed by atoms with Gasteiger partial charge in [0.2, 0.25) is 0 Å². The minimum atomic E-state index is -0.0417. The van der Waals surface area contributed by atoms with Crippen molar-refractivity contribution in [3.8, 4) is 5.69 Å². The molecule has 7 heteroatoms. The number of benzene rings is 1. The SMILES string of the molecule is COCCN1C(=S)N[C@H](c2ccccn2)[C@@H]1c1cc(C)n(-c2cccc(Cl)c2C)c1C. The monoisotopic (exact) mass is 454 g/mol. The van der Waals surface area contributed by atoms with Gasteiger partial charge >= 0.3 is 0 Å². The van der Waals surface area contributed by atoms with E-state index in [9.17, 15) is 0 Å². The Hall–Kier alpha value is -2.41. The van der Waals surface area contributed by atoms with Gasteiger partial charge in [0.1, 0.15) is 0 Å². The smallest absolute Gasteiger partial charge is 0.170 e. The van der Waals surface area contributed by atoms with Crippen molar-refractivity contribution in [3.63, 3.8) is 0 Å². The fraction of sp³-hybridized carbons (Fsp3) is 0.333. The lowest BCUT2D eigenvalue weighted by Gasteiger charge is -2.28. The topological polar surface area (TPSA) is 42.3 Å². The quantitative estimate of drug-likeness (QED) is 0.526. The van der Waals surface area contributed by atoms with E-state index in [1.54, 1.807) is 7.11 Å². The molecule has 0 amide bonds. The Morgan fingerprint density at radius 2 is 1.97 bits per heavy atom. The molecule has 5 nitrogen and oxygen atoms in total. The lowest BCUT2D eigenvalue weighted by molar-refractivity contribution is 0.164. The molecule has 1 aliphatic rings. The second kappa shape index (κ2) is 8.99. The average molecular weight is 455 g/mol. The maximum Gasteiger partial charge on any atom is 0.170 e. The number of hydrogen-bond donors (Lipinski definition) is 1. The molecule has 1 aromatic carbocycles. The molecule has 2 atom stereocenters. The molecular weight excluding hydrogens is 428 g/mol. The molecule has 1 N–H and O–H groups in total. The standard InChI is InChI=1S/C24H27ClN4OS/c1-15-14-18(17(3)29(15)21-10-7-8-19(25)16(21)2)23-22(20-9-5-6-11-26-20)27-24(31)28(23)12-13-30-4/h5-11,14,22-23H,12-13H2,1-4H3,(H,27,31)/t22-,23+/m1/s1. The highest BCUT2D eigenvalue weighted by Crippen LogP contribution is 2.41. The number of nitrogens with one attached hydrogen (secondary N) is 1. The summed E-state index contributed by atoms with van der Waals surface area (Å²) >= 11 is 12.2. The van der Waals surface area contributed by atoms with E-state index in [0.29, 0.717) is 13.2 Å². The molecule has 0 unspecified atom stereocenters. The van der Waals surface area contributed by atoms with Crippen molar-refractivity contribution in [1.29, 1.82) is 0 Å². The average Bonchev–Trinajstić information content (AvgIpc) is 3.24. The molecule has 1 saturated heterocycles. The zero-order valence-electron chi connectivity index (χ0n) is 18.2. The van der Waals surface area contributed by atoms with Gasteiger partial charge in [-0.1, -0.05) is 23.7 Å². The summed E-state index contributed by atoms with van der Waals surface area (Å²) in [6, 6.07) is 14.3. The first-order chi connectivity index (χ1) is 14.9. The molecule has 31 heavy (non-hydrogen) atoms. The summed E-state index contributed by atoms with van der Waals surface area (Å²) < 4.78 is 7.65. The molecule has 0 aliphatic carbocycles. The van der Waals surface area contributed by atoms with Gasteiger partial charge in [-0.05, 0) is 74.4 Å². The number of aryl methyl sites for hydroxylation is 1.